The van der Waals surface area contributed by atoms with Crippen LogP contribution in [0, 0.1) is 11.8 Å². The summed E-state index contributed by atoms with van der Waals surface area (Å²) in [5.74, 6) is 2.05. The maximum Gasteiger partial charge on any atom is 0.673 e. The number of halogens is 4. The van der Waals surface area contributed by atoms with Gasteiger partial charge in [0.05, 0.1) is 32.3 Å². The first-order chi connectivity index (χ1) is 15.6. The van der Waals surface area contributed by atoms with Gasteiger partial charge < -0.3 is 31.6 Å². The lowest BCUT2D eigenvalue weighted by molar-refractivity contribution is -0.973. The molecule has 4 nitrogen and oxygen atoms in total. The monoisotopic (exact) mass is 468 g/mol. The molecule has 0 spiro atoms. The zero-order valence-corrected chi connectivity index (χ0v) is 19.3. The van der Waals surface area contributed by atoms with E-state index in [0.29, 0.717) is 11.8 Å². The summed E-state index contributed by atoms with van der Waals surface area (Å²) in [6.45, 7) is 9.83. The van der Waals surface area contributed by atoms with Crippen LogP contribution in [0.15, 0.2) is 43.1 Å². The quantitative estimate of drug-likeness (QED) is 0.242. The molecule has 0 aliphatic carbocycles. The van der Waals surface area contributed by atoms with Gasteiger partial charge in [0.15, 0.2) is 0 Å². The summed E-state index contributed by atoms with van der Waals surface area (Å²) >= 11 is 0. The zero-order valence-electron chi connectivity index (χ0n) is 19.3. The summed E-state index contributed by atoms with van der Waals surface area (Å²) in [5.41, 5.74) is 1.91. The number of unbranched alkanes of at least 4 members (excludes halogenated alkanes) is 1. The van der Waals surface area contributed by atoms with E-state index in [0.717, 1.165) is 46.2 Å². The second-order valence-corrected chi connectivity index (χ2v) is 9.18. The number of fused-ring (bicyclic) bond motifs is 4. The minimum absolute atomic E-state index is 0.248. The largest absolute Gasteiger partial charge is 0.673 e. The van der Waals surface area contributed by atoms with Gasteiger partial charge in [-0.05, 0) is 42.2 Å². The van der Waals surface area contributed by atoms with Crippen LogP contribution in [0.2, 0.25) is 0 Å². The molecule has 5 atom stereocenters. The minimum atomic E-state index is -6.00. The van der Waals surface area contributed by atoms with Crippen LogP contribution in [0.4, 0.5) is 17.3 Å². The number of hydrogen-bond acceptors (Lipinski definition) is 3. The van der Waals surface area contributed by atoms with E-state index in [-0.39, 0.29) is 6.04 Å². The van der Waals surface area contributed by atoms with Crippen LogP contribution < -0.4 is 4.74 Å². The summed E-state index contributed by atoms with van der Waals surface area (Å²) in [7, 11) is -4.32. The third-order valence-corrected chi connectivity index (χ3v) is 7.30. The van der Waals surface area contributed by atoms with Gasteiger partial charge in [0.25, 0.3) is 0 Å². The molecule has 1 aromatic heterocycles. The highest BCUT2D eigenvalue weighted by Crippen LogP contribution is 2.47. The SMILES string of the molecule is C=C[C@H]1C[N@+]2(CCCC)CC[C@H]1C[C@H]2[C@H](O)c1ccnc2ccc(OC)cc12.F[B-](F)(F)F. The van der Waals surface area contributed by atoms with E-state index in [9.17, 15) is 22.4 Å². The Morgan fingerprint density at radius 1 is 1.30 bits per heavy atom. The van der Waals surface area contributed by atoms with Crippen molar-refractivity contribution in [3.05, 3.63) is 48.7 Å². The van der Waals surface area contributed by atoms with E-state index in [1.54, 1.807) is 7.11 Å². The number of piperidine rings is 3. The Morgan fingerprint density at radius 2 is 2.03 bits per heavy atom. The zero-order chi connectivity index (χ0) is 24.2. The first-order valence-corrected chi connectivity index (χ1v) is 11.6. The molecule has 0 radical (unpaired) electrons. The number of rotatable bonds is 7. The average molecular weight is 468 g/mol. The van der Waals surface area contributed by atoms with Crippen LogP contribution in [0.1, 0.15) is 44.3 Å². The molecule has 5 rings (SSSR count). The molecule has 0 unspecified atom stereocenters. The number of nitrogens with zero attached hydrogens (tertiary/aromatic N) is 2. The van der Waals surface area contributed by atoms with Gasteiger partial charge in [0, 0.05) is 30.3 Å². The Hall–Kier alpha value is -2.13. The number of pyridine rings is 1. The fraction of sp³-hybridized carbons (Fsp3) is 0.542. The number of ether oxygens (including phenoxy) is 1. The fourth-order valence-corrected chi connectivity index (χ4v) is 5.70. The number of methoxy groups -OCH3 is 1. The van der Waals surface area contributed by atoms with Crippen molar-refractivity contribution in [2.24, 2.45) is 11.8 Å². The van der Waals surface area contributed by atoms with Crippen molar-refractivity contribution < 1.29 is 31.6 Å². The van der Waals surface area contributed by atoms with Gasteiger partial charge in [0.2, 0.25) is 0 Å². The first-order valence-electron chi connectivity index (χ1n) is 11.6. The van der Waals surface area contributed by atoms with E-state index < -0.39 is 13.4 Å². The lowest BCUT2D eigenvalue weighted by Gasteiger charge is -2.58. The maximum absolute atomic E-state index is 11.6. The Bertz CT molecular complexity index is 952. The molecule has 3 saturated heterocycles. The Kier molecular flexibility index (Phi) is 8.06. The van der Waals surface area contributed by atoms with E-state index in [4.69, 9.17) is 4.74 Å². The van der Waals surface area contributed by atoms with Gasteiger partial charge in [-0.1, -0.05) is 19.4 Å². The molecule has 3 fully saturated rings. The van der Waals surface area contributed by atoms with Crippen LogP contribution in [0.25, 0.3) is 10.9 Å². The van der Waals surface area contributed by atoms with E-state index >= 15 is 0 Å². The van der Waals surface area contributed by atoms with E-state index in [1.807, 2.05) is 30.5 Å². The standard InChI is InChI=1S/C24H33N2O2.BF4/c1-4-6-12-26-13-10-18(17(5-2)16-26)14-23(26)24(27)20-9-11-25-22-8-7-19(28-3)15-21(20)22;2-1(3,4)5/h5,7-9,11,15,17-18,23-24,27H,2,4,6,10,12-14,16H2,1,3H3;/q+1;-1/t17-,18-,23-,24+,26-;/m0./s1. The molecular weight excluding hydrogens is 435 g/mol. The number of quaternary nitrogens is 1. The normalized spacial score (nSPS) is 27.5. The predicted octanol–water partition coefficient (Wildman–Crippen LogP) is 5.79. The van der Waals surface area contributed by atoms with Gasteiger partial charge in [-0.2, -0.15) is 0 Å². The van der Waals surface area contributed by atoms with Gasteiger partial charge >= 0.3 is 7.25 Å². The molecule has 3 aliphatic heterocycles. The van der Waals surface area contributed by atoms with Crippen LogP contribution in [0.3, 0.4) is 0 Å². The molecule has 2 aromatic rings. The molecule has 0 saturated carbocycles. The molecule has 33 heavy (non-hydrogen) atoms. The third kappa shape index (κ3) is 5.87. The number of aliphatic hydroxyl groups excluding tert-OH is 1. The van der Waals surface area contributed by atoms with Gasteiger partial charge in [-0.15, -0.1) is 6.58 Å². The second-order valence-electron chi connectivity index (χ2n) is 9.18. The number of benzene rings is 1. The predicted molar refractivity (Wildman–Crippen MR) is 123 cm³/mol. The Labute approximate surface area is 193 Å². The van der Waals surface area contributed by atoms with E-state index in [1.165, 1.54) is 25.8 Å². The minimum Gasteiger partial charge on any atom is -0.497 e. The van der Waals surface area contributed by atoms with Crippen molar-refractivity contribution in [3.63, 3.8) is 0 Å². The lowest BCUT2D eigenvalue weighted by Crippen LogP contribution is -2.68. The molecule has 4 heterocycles. The summed E-state index contributed by atoms with van der Waals surface area (Å²) < 4.78 is 45.5. The molecule has 1 aromatic carbocycles. The highest BCUT2D eigenvalue weighted by atomic mass is 19.5. The molecule has 182 valence electrons. The second kappa shape index (κ2) is 10.4. The third-order valence-electron chi connectivity index (χ3n) is 7.30. The number of hydrogen-bond donors (Lipinski definition) is 1. The Morgan fingerprint density at radius 3 is 2.67 bits per heavy atom. The maximum atomic E-state index is 11.6. The summed E-state index contributed by atoms with van der Waals surface area (Å²) in [4.78, 5) is 4.50. The molecule has 1 N–H and O–H groups in total. The van der Waals surface area contributed by atoms with Crippen LogP contribution in [-0.4, -0.2) is 54.6 Å². The Balaban J connectivity index is 0.000000555. The van der Waals surface area contributed by atoms with Crippen LogP contribution in [-0.2, 0) is 0 Å². The smallest absolute Gasteiger partial charge is 0.497 e. The number of aromatic nitrogens is 1. The highest BCUT2D eigenvalue weighted by Gasteiger charge is 2.53. The molecule has 9 heteroatoms. The highest BCUT2D eigenvalue weighted by molar-refractivity contribution is 6.50. The summed E-state index contributed by atoms with van der Waals surface area (Å²) in [5, 5.41) is 12.6. The van der Waals surface area contributed by atoms with Crippen LogP contribution in [0.5, 0.6) is 5.75 Å². The molecule has 3 aliphatic rings. The van der Waals surface area contributed by atoms with Gasteiger partial charge in [-0.25, -0.2) is 0 Å². The van der Waals surface area contributed by atoms with Crippen molar-refractivity contribution in [2.75, 3.05) is 26.7 Å². The lowest BCUT2D eigenvalue weighted by atomic mass is 9.71. The van der Waals surface area contributed by atoms with Gasteiger partial charge in [0.1, 0.15) is 17.9 Å². The van der Waals surface area contributed by atoms with Gasteiger partial charge in [-0.3, -0.25) is 4.98 Å². The van der Waals surface area contributed by atoms with Crippen molar-refractivity contribution in [1.29, 1.82) is 0 Å². The topological polar surface area (TPSA) is 42.4 Å². The molecule has 0 amide bonds. The summed E-state index contributed by atoms with van der Waals surface area (Å²) in [6, 6.07) is 8.17. The first kappa shape index (κ1) is 25.5. The number of aliphatic hydroxyl groups is 1. The van der Waals surface area contributed by atoms with E-state index in [2.05, 4.69) is 24.6 Å². The van der Waals surface area contributed by atoms with Crippen molar-refractivity contribution >= 4 is 18.2 Å². The van der Waals surface area contributed by atoms with Crippen LogP contribution >= 0.6 is 0 Å². The molecular formula is C24H33BF4N2O2. The van der Waals surface area contributed by atoms with Crippen molar-refractivity contribution in [1.82, 2.24) is 4.98 Å². The summed E-state index contributed by atoms with van der Waals surface area (Å²) in [6.07, 6.45) is 8.25. The van der Waals surface area contributed by atoms with Crippen molar-refractivity contribution in [3.8, 4) is 5.75 Å². The fourth-order valence-electron chi connectivity index (χ4n) is 5.70. The van der Waals surface area contributed by atoms with Crippen molar-refractivity contribution in [2.45, 2.75) is 44.8 Å². The molecule has 2 bridgehead atoms. The average Bonchev–Trinajstić information content (AvgIpc) is 2.80.